The van der Waals surface area contributed by atoms with E-state index < -0.39 is 0 Å². The van der Waals surface area contributed by atoms with E-state index in [-0.39, 0.29) is 0 Å². The number of nitrogens with zero attached hydrogens (tertiary/aromatic N) is 1. The van der Waals surface area contributed by atoms with Crippen LogP contribution in [-0.4, -0.2) is 17.3 Å². The second kappa shape index (κ2) is 4.00. The summed E-state index contributed by atoms with van der Waals surface area (Å²) in [5, 5.41) is 6.97. The number of hydrogen-bond donors (Lipinski definition) is 1. The minimum atomic E-state index is 0.932. The Labute approximate surface area is 95.5 Å². The molecule has 0 aliphatic rings. The van der Waals surface area contributed by atoms with E-state index in [9.17, 15) is 0 Å². The number of aromatic nitrogens is 2. The molecule has 0 fully saturated rings. The van der Waals surface area contributed by atoms with Gasteiger partial charge in [0.05, 0.1) is 12.8 Å². The van der Waals surface area contributed by atoms with Crippen LogP contribution >= 0.6 is 0 Å². The average Bonchev–Trinajstić information content (AvgIpc) is 2.76. The van der Waals surface area contributed by atoms with Gasteiger partial charge >= 0.3 is 0 Å². The summed E-state index contributed by atoms with van der Waals surface area (Å²) in [6, 6.07) is 4.13. The standard InChI is InChI=1S/C13H16N2O/c1-8-7-9(2)12(11-5-6-14-15-11)13(16-4)10(8)3/h5-7H,1-4H3,(H,14,15). The molecule has 3 nitrogen and oxygen atoms in total. The highest BCUT2D eigenvalue weighted by Crippen LogP contribution is 2.36. The first-order chi connectivity index (χ1) is 7.65. The zero-order chi connectivity index (χ0) is 11.7. The van der Waals surface area contributed by atoms with Crippen LogP contribution in [0, 0.1) is 20.8 Å². The van der Waals surface area contributed by atoms with Gasteiger partial charge in [-0.2, -0.15) is 5.10 Å². The maximum Gasteiger partial charge on any atom is 0.131 e. The highest BCUT2D eigenvalue weighted by Gasteiger charge is 2.14. The number of benzene rings is 1. The molecule has 3 heteroatoms. The average molecular weight is 216 g/mol. The minimum absolute atomic E-state index is 0.932. The van der Waals surface area contributed by atoms with Crippen LogP contribution in [0.5, 0.6) is 5.75 Å². The Morgan fingerprint density at radius 1 is 1.19 bits per heavy atom. The summed E-state index contributed by atoms with van der Waals surface area (Å²) >= 11 is 0. The normalized spacial score (nSPS) is 10.5. The second-order valence-electron chi connectivity index (χ2n) is 4.01. The fourth-order valence-electron chi connectivity index (χ4n) is 2.04. The number of aryl methyl sites for hydroxylation is 2. The van der Waals surface area contributed by atoms with Crippen molar-refractivity contribution in [3.8, 4) is 17.0 Å². The molecule has 1 heterocycles. The van der Waals surface area contributed by atoms with Crippen molar-refractivity contribution < 1.29 is 4.74 Å². The summed E-state index contributed by atoms with van der Waals surface area (Å²) in [7, 11) is 1.71. The Morgan fingerprint density at radius 2 is 1.94 bits per heavy atom. The minimum Gasteiger partial charge on any atom is -0.496 e. The summed E-state index contributed by atoms with van der Waals surface area (Å²) in [6.07, 6.45) is 1.75. The van der Waals surface area contributed by atoms with E-state index in [4.69, 9.17) is 4.74 Å². The second-order valence-corrected chi connectivity index (χ2v) is 4.01. The van der Waals surface area contributed by atoms with E-state index in [1.165, 1.54) is 16.7 Å². The Balaban J connectivity index is 2.73. The van der Waals surface area contributed by atoms with Gasteiger partial charge in [-0.05, 0) is 43.5 Å². The highest BCUT2D eigenvalue weighted by molar-refractivity contribution is 5.73. The van der Waals surface area contributed by atoms with Crippen LogP contribution in [0.3, 0.4) is 0 Å². The van der Waals surface area contributed by atoms with Gasteiger partial charge in [-0.1, -0.05) is 6.07 Å². The quantitative estimate of drug-likeness (QED) is 0.838. The molecule has 1 aromatic carbocycles. The third kappa shape index (κ3) is 1.58. The molecular formula is C13H16N2O. The summed E-state index contributed by atoms with van der Waals surface area (Å²) in [5.41, 5.74) is 5.72. The van der Waals surface area contributed by atoms with Gasteiger partial charge in [0.2, 0.25) is 0 Å². The van der Waals surface area contributed by atoms with E-state index in [1.54, 1.807) is 13.3 Å². The van der Waals surface area contributed by atoms with Gasteiger partial charge in [0.15, 0.2) is 0 Å². The molecule has 0 aliphatic heterocycles. The largest absolute Gasteiger partial charge is 0.496 e. The molecule has 0 saturated carbocycles. The SMILES string of the molecule is COc1c(C)c(C)cc(C)c1-c1ccn[nH]1. The molecule has 2 aromatic rings. The number of rotatable bonds is 2. The van der Waals surface area contributed by atoms with Gasteiger partial charge in [-0.3, -0.25) is 5.10 Å². The van der Waals surface area contributed by atoms with E-state index in [0.29, 0.717) is 0 Å². The van der Waals surface area contributed by atoms with Crippen LogP contribution in [0.4, 0.5) is 0 Å². The van der Waals surface area contributed by atoms with Crippen LogP contribution in [0.2, 0.25) is 0 Å². The first-order valence-corrected chi connectivity index (χ1v) is 5.29. The molecule has 0 spiro atoms. The van der Waals surface area contributed by atoms with Crippen molar-refractivity contribution in [3.05, 3.63) is 35.0 Å². The Kier molecular flexibility index (Phi) is 2.69. The summed E-state index contributed by atoms with van der Waals surface area (Å²) < 4.78 is 5.51. The van der Waals surface area contributed by atoms with E-state index in [1.807, 2.05) is 6.07 Å². The Hall–Kier alpha value is -1.77. The molecule has 0 bridgehead atoms. The van der Waals surface area contributed by atoms with Crippen molar-refractivity contribution in [2.24, 2.45) is 0 Å². The monoisotopic (exact) mass is 216 g/mol. The Bertz CT molecular complexity index is 501. The fraction of sp³-hybridized carbons (Fsp3) is 0.308. The van der Waals surface area contributed by atoms with Crippen LogP contribution in [-0.2, 0) is 0 Å². The van der Waals surface area contributed by atoms with E-state index >= 15 is 0 Å². The van der Waals surface area contributed by atoms with Crippen molar-refractivity contribution in [1.29, 1.82) is 0 Å². The molecule has 0 radical (unpaired) electrons. The Morgan fingerprint density at radius 3 is 2.50 bits per heavy atom. The molecule has 0 unspecified atom stereocenters. The highest BCUT2D eigenvalue weighted by atomic mass is 16.5. The van der Waals surface area contributed by atoms with Gasteiger partial charge in [0, 0.05) is 11.8 Å². The number of methoxy groups -OCH3 is 1. The van der Waals surface area contributed by atoms with Crippen LogP contribution in [0.25, 0.3) is 11.3 Å². The van der Waals surface area contributed by atoms with Crippen LogP contribution < -0.4 is 4.74 Å². The zero-order valence-electron chi connectivity index (χ0n) is 10.1. The molecule has 0 saturated heterocycles. The number of nitrogens with one attached hydrogen (secondary N) is 1. The molecule has 0 amide bonds. The van der Waals surface area contributed by atoms with E-state index in [0.717, 1.165) is 17.0 Å². The number of ether oxygens (including phenoxy) is 1. The van der Waals surface area contributed by atoms with Crippen molar-refractivity contribution >= 4 is 0 Å². The predicted molar refractivity (Wildman–Crippen MR) is 64.8 cm³/mol. The van der Waals surface area contributed by atoms with Crippen molar-refractivity contribution in [1.82, 2.24) is 10.2 Å². The fourth-order valence-corrected chi connectivity index (χ4v) is 2.04. The van der Waals surface area contributed by atoms with Crippen molar-refractivity contribution in [3.63, 3.8) is 0 Å². The predicted octanol–water partition coefficient (Wildman–Crippen LogP) is 3.01. The molecule has 1 N–H and O–H groups in total. The third-order valence-corrected chi connectivity index (χ3v) is 2.96. The smallest absolute Gasteiger partial charge is 0.131 e. The first-order valence-electron chi connectivity index (χ1n) is 5.29. The molecule has 2 rings (SSSR count). The maximum atomic E-state index is 5.51. The zero-order valence-corrected chi connectivity index (χ0v) is 10.1. The lowest BCUT2D eigenvalue weighted by Crippen LogP contribution is -1.97. The molecule has 0 atom stereocenters. The molecular weight excluding hydrogens is 200 g/mol. The molecule has 1 aromatic heterocycles. The lowest BCUT2D eigenvalue weighted by atomic mass is 9.97. The third-order valence-electron chi connectivity index (χ3n) is 2.96. The summed E-state index contributed by atoms with van der Waals surface area (Å²) in [4.78, 5) is 0. The van der Waals surface area contributed by atoms with Crippen molar-refractivity contribution in [2.45, 2.75) is 20.8 Å². The summed E-state index contributed by atoms with van der Waals surface area (Å²) in [5.74, 6) is 0.932. The van der Waals surface area contributed by atoms with Crippen molar-refractivity contribution in [2.75, 3.05) is 7.11 Å². The van der Waals surface area contributed by atoms with Gasteiger partial charge in [-0.15, -0.1) is 0 Å². The van der Waals surface area contributed by atoms with Crippen LogP contribution in [0.15, 0.2) is 18.3 Å². The van der Waals surface area contributed by atoms with Crippen LogP contribution in [0.1, 0.15) is 16.7 Å². The lowest BCUT2D eigenvalue weighted by molar-refractivity contribution is 0.412. The number of aromatic amines is 1. The molecule has 16 heavy (non-hydrogen) atoms. The topological polar surface area (TPSA) is 37.9 Å². The first kappa shape index (κ1) is 10.7. The van der Waals surface area contributed by atoms with Gasteiger partial charge in [0.25, 0.3) is 0 Å². The summed E-state index contributed by atoms with van der Waals surface area (Å²) in [6.45, 7) is 6.26. The molecule has 0 aliphatic carbocycles. The van der Waals surface area contributed by atoms with Gasteiger partial charge < -0.3 is 4.74 Å². The van der Waals surface area contributed by atoms with Gasteiger partial charge in [0.1, 0.15) is 5.75 Å². The number of hydrogen-bond acceptors (Lipinski definition) is 2. The van der Waals surface area contributed by atoms with E-state index in [2.05, 4.69) is 37.0 Å². The number of H-pyrrole nitrogens is 1. The maximum absolute atomic E-state index is 5.51. The lowest BCUT2D eigenvalue weighted by Gasteiger charge is -2.15. The molecule has 84 valence electrons. The van der Waals surface area contributed by atoms with Gasteiger partial charge in [-0.25, -0.2) is 0 Å².